The van der Waals surface area contributed by atoms with Crippen LogP contribution in [0.4, 0.5) is 10.7 Å². The Hall–Kier alpha value is -2.83. The molecule has 0 unspecified atom stereocenters. The first-order chi connectivity index (χ1) is 13.7. The zero-order valence-corrected chi connectivity index (χ0v) is 17.3. The van der Waals surface area contributed by atoms with Crippen LogP contribution >= 0.6 is 11.3 Å². The van der Waals surface area contributed by atoms with E-state index in [1.54, 1.807) is 13.8 Å². The number of carbonyl (C=O) groups excluding carboxylic acids is 2. The number of nitrogens with one attached hydrogen (secondary N) is 1. The van der Waals surface area contributed by atoms with Crippen molar-refractivity contribution >= 4 is 43.9 Å². The fourth-order valence-electron chi connectivity index (χ4n) is 2.36. The first-order valence-corrected chi connectivity index (χ1v) is 10.8. The highest BCUT2D eigenvalue weighted by Gasteiger charge is 2.21. The topological polar surface area (TPSA) is 136 Å². The van der Waals surface area contributed by atoms with Gasteiger partial charge in [-0.15, -0.1) is 0 Å². The van der Waals surface area contributed by atoms with E-state index in [4.69, 9.17) is 4.74 Å². The van der Waals surface area contributed by atoms with E-state index < -0.39 is 33.4 Å². The van der Waals surface area contributed by atoms with Crippen molar-refractivity contribution in [2.24, 2.45) is 0 Å². The van der Waals surface area contributed by atoms with Crippen molar-refractivity contribution in [2.75, 3.05) is 25.0 Å². The number of nitrogens with zero attached hydrogens (tertiary/aromatic N) is 2. The second-order valence-electron chi connectivity index (χ2n) is 5.63. The van der Waals surface area contributed by atoms with E-state index in [9.17, 15) is 28.1 Å². The van der Waals surface area contributed by atoms with E-state index in [1.807, 2.05) is 0 Å². The molecule has 0 spiro atoms. The lowest BCUT2D eigenvalue weighted by Gasteiger charge is -2.18. The van der Waals surface area contributed by atoms with Crippen molar-refractivity contribution in [2.45, 2.75) is 18.7 Å². The Morgan fingerprint density at radius 3 is 2.28 bits per heavy atom. The number of amides is 1. The molecule has 0 atom stereocenters. The molecule has 1 heterocycles. The van der Waals surface area contributed by atoms with Gasteiger partial charge in [0.15, 0.2) is 6.61 Å². The summed E-state index contributed by atoms with van der Waals surface area (Å²) in [6, 6.07) is 8.03. The molecule has 0 saturated heterocycles. The number of benzene rings is 1. The van der Waals surface area contributed by atoms with Crippen LogP contribution in [-0.2, 0) is 19.6 Å². The number of thiophene rings is 1. The van der Waals surface area contributed by atoms with Gasteiger partial charge in [-0.25, -0.2) is 13.2 Å². The Bertz CT molecular complexity index is 996. The molecule has 1 aromatic heterocycles. The van der Waals surface area contributed by atoms with Gasteiger partial charge in [-0.3, -0.25) is 14.9 Å². The molecule has 29 heavy (non-hydrogen) atoms. The fraction of sp³-hybridized carbons (Fsp3) is 0.294. The van der Waals surface area contributed by atoms with Crippen molar-refractivity contribution < 1.29 is 27.7 Å². The van der Waals surface area contributed by atoms with E-state index in [0.29, 0.717) is 30.1 Å². The molecule has 1 aromatic carbocycles. The molecular weight excluding hydrogens is 422 g/mol. The molecule has 2 rings (SSSR count). The van der Waals surface area contributed by atoms with Crippen molar-refractivity contribution in [3.63, 3.8) is 0 Å². The molecule has 156 valence electrons. The molecule has 0 aliphatic heterocycles. The number of ether oxygens (including phenoxy) is 1. The average molecular weight is 441 g/mol. The van der Waals surface area contributed by atoms with Gasteiger partial charge in [-0.05, 0) is 30.3 Å². The Balaban J connectivity index is 1.93. The number of hydrogen-bond donors (Lipinski definition) is 1. The maximum Gasteiger partial charge on any atom is 0.349 e. The lowest BCUT2D eigenvalue weighted by molar-refractivity contribution is -0.380. The molecule has 2 aromatic rings. The minimum absolute atomic E-state index is 0.00969. The number of hydrogen-bond acceptors (Lipinski definition) is 8. The number of sulfonamides is 1. The van der Waals surface area contributed by atoms with Crippen LogP contribution in [0.25, 0.3) is 0 Å². The smallest absolute Gasteiger partial charge is 0.349 e. The summed E-state index contributed by atoms with van der Waals surface area (Å²) in [6.45, 7) is 3.58. The van der Waals surface area contributed by atoms with E-state index in [-0.39, 0.29) is 14.8 Å². The van der Waals surface area contributed by atoms with Gasteiger partial charge in [-0.2, -0.15) is 4.31 Å². The predicted octanol–water partition coefficient (Wildman–Crippen LogP) is 2.48. The van der Waals surface area contributed by atoms with Crippen LogP contribution in [0.3, 0.4) is 0 Å². The first-order valence-electron chi connectivity index (χ1n) is 8.50. The second-order valence-corrected chi connectivity index (χ2v) is 8.63. The highest BCUT2D eigenvalue weighted by atomic mass is 32.2. The summed E-state index contributed by atoms with van der Waals surface area (Å²) in [5, 5.41) is 12.9. The number of rotatable bonds is 9. The molecule has 0 saturated carbocycles. The van der Waals surface area contributed by atoms with Gasteiger partial charge in [-0.1, -0.05) is 25.2 Å². The van der Waals surface area contributed by atoms with Crippen molar-refractivity contribution in [3.05, 3.63) is 51.4 Å². The Morgan fingerprint density at radius 2 is 1.76 bits per heavy atom. The summed E-state index contributed by atoms with van der Waals surface area (Å²) in [5.41, 5.74) is 0.330. The quantitative estimate of drug-likeness (QED) is 0.359. The molecule has 1 amide bonds. The number of anilines is 1. The minimum Gasteiger partial charge on any atom is -0.451 e. The third-order valence-electron chi connectivity index (χ3n) is 3.79. The summed E-state index contributed by atoms with van der Waals surface area (Å²) in [5.74, 6) is -1.48. The molecule has 12 heteroatoms. The molecule has 0 bridgehead atoms. The van der Waals surface area contributed by atoms with E-state index >= 15 is 0 Å². The van der Waals surface area contributed by atoms with Crippen molar-refractivity contribution in [1.82, 2.24) is 4.31 Å². The highest BCUT2D eigenvalue weighted by Crippen LogP contribution is 2.24. The summed E-state index contributed by atoms with van der Waals surface area (Å²) < 4.78 is 31.0. The van der Waals surface area contributed by atoms with Gasteiger partial charge in [0.1, 0.15) is 4.88 Å². The van der Waals surface area contributed by atoms with E-state index in [2.05, 4.69) is 5.32 Å². The van der Waals surface area contributed by atoms with E-state index in [1.165, 1.54) is 40.7 Å². The fourth-order valence-corrected chi connectivity index (χ4v) is 4.53. The summed E-state index contributed by atoms with van der Waals surface area (Å²) in [4.78, 5) is 33.9. The van der Waals surface area contributed by atoms with Crippen LogP contribution in [0.15, 0.2) is 41.3 Å². The first kappa shape index (κ1) is 22.5. The maximum absolute atomic E-state index is 12.4. The molecule has 0 fully saturated rings. The zero-order valence-electron chi connectivity index (χ0n) is 15.7. The molecule has 1 N–H and O–H groups in total. The third kappa shape index (κ3) is 5.59. The van der Waals surface area contributed by atoms with Crippen LogP contribution in [0.1, 0.15) is 23.5 Å². The number of nitro groups is 1. The van der Waals surface area contributed by atoms with Crippen LogP contribution in [0.5, 0.6) is 0 Å². The number of esters is 1. The van der Waals surface area contributed by atoms with Crippen LogP contribution < -0.4 is 5.32 Å². The molecule has 10 nitrogen and oxygen atoms in total. The SMILES string of the molecule is CCN(CC)S(=O)(=O)c1ccc(NC(=O)COC(=O)c2ccc([N+](=O)[O-])s2)cc1. The van der Waals surface area contributed by atoms with Crippen molar-refractivity contribution in [3.8, 4) is 0 Å². The Labute approximate surface area is 171 Å². The summed E-state index contributed by atoms with van der Waals surface area (Å²) in [6.07, 6.45) is 0. The Morgan fingerprint density at radius 1 is 1.14 bits per heavy atom. The van der Waals surface area contributed by atoms with Crippen LogP contribution in [-0.4, -0.2) is 49.2 Å². The van der Waals surface area contributed by atoms with Gasteiger partial charge in [0.25, 0.3) is 5.91 Å². The lowest BCUT2D eigenvalue weighted by Crippen LogP contribution is -2.30. The van der Waals surface area contributed by atoms with Gasteiger partial charge in [0, 0.05) is 24.8 Å². The maximum atomic E-state index is 12.4. The largest absolute Gasteiger partial charge is 0.451 e. The Kier molecular flexibility index (Phi) is 7.42. The van der Waals surface area contributed by atoms with Crippen LogP contribution in [0, 0.1) is 10.1 Å². The molecule has 0 aliphatic rings. The highest BCUT2D eigenvalue weighted by molar-refractivity contribution is 7.89. The number of carbonyl (C=O) groups is 2. The second kappa shape index (κ2) is 9.58. The van der Waals surface area contributed by atoms with Crippen LogP contribution in [0.2, 0.25) is 0 Å². The van der Waals surface area contributed by atoms with Gasteiger partial charge < -0.3 is 10.1 Å². The monoisotopic (exact) mass is 441 g/mol. The normalized spacial score (nSPS) is 11.3. The molecular formula is C17H19N3O7S2. The third-order valence-corrected chi connectivity index (χ3v) is 6.87. The van der Waals surface area contributed by atoms with Crippen molar-refractivity contribution in [1.29, 1.82) is 0 Å². The molecule has 0 radical (unpaired) electrons. The van der Waals surface area contributed by atoms with Gasteiger partial charge in [0.05, 0.1) is 9.82 Å². The summed E-state index contributed by atoms with van der Waals surface area (Å²) >= 11 is 0.648. The van der Waals surface area contributed by atoms with E-state index in [0.717, 1.165) is 0 Å². The average Bonchev–Trinajstić information content (AvgIpc) is 3.18. The standard InChI is InChI=1S/C17H19N3O7S2/c1-3-19(4-2)29(25,26)13-7-5-12(6-8-13)18-15(21)11-27-17(22)14-9-10-16(28-14)20(23)24/h5-10H,3-4,11H2,1-2H3,(H,18,21). The summed E-state index contributed by atoms with van der Waals surface area (Å²) in [7, 11) is -3.60. The van der Waals surface area contributed by atoms with Gasteiger partial charge >= 0.3 is 11.0 Å². The van der Waals surface area contributed by atoms with Gasteiger partial charge in [0.2, 0.25) is 10.0 Å². The zero-order chi connectivity index (χ0) is 21.6. The molecule has 0 aliphatic carbocycles. The lowest BCUT2D eigenvalue weighted by atomic mass is 10.3. The minimum atomic E-state index is -3.60. The predicted molar refractivity (Wildman–Crippen MR) is 106 cm³/mol.